The number of aliphatic hydroxyl groups excluding tert-OH is 1. The van der Waals surface area contributed by atoms with Crippen LogP contribution in [0.15, 0.2) is 18.2 Å². The third-order valence-electron chi connectivity index (χ3n) is 5.34. The van der Waals surface area contributed by atoms with Gasteiger partial charge < -0.3 is 24.2 Å². The molecule has 0 bridgehead atoms. The molecular weight excluding hydrogens is 342 g/mol. The second kappa shape index (κ2) is 6.96. The third kappa shape index (κ3) is 3.40. The average molecular weight is 365 g/mol. The fraction of sp³-hybridized carbons (Fsp3) is 0.611. The Balaban J connectivity index is 1.40. The van der Waals surface area contributed by atoms with Gasteiger partial charge in [-0.15, -0.1) is 0 Å². The highest BCUT2D eigenvalue weighted by Crippen LogP contribution is 2.40. The van der Waals surface area contributed by atoms with Crippen molar-refractivity contribution in [3.05, 3.63) is 18.2 Å². The smallest absolute Gasteiger partial charge is 0.232 e. The van der Waals surface area contributed by atoms with E-state index < -0.39 is 6.10 Å². The molecule has 7 heteroatoms. The molecule has 4 atom stereocenters. The first-order valence-electron chi connectivity index (χ1n) is 8.65. The Morgan fingerprint density at radius 3 is 2.84 bits per heavy atom. The molecule has 1 N–H and O–H groups in total. The molecule has 136 valence electrons. The molecule has 1 aromatic rings. The Morgan fingerprint density at radius 1 is 1.28 bits per heavy atom. The fourth-order valence-electron chi connectivity index (χ4n) is 4.06. The second-order valence-corrected chi connectivity index (χ2v) is 7.83. The molecule has 1 amide bonds. The number of rotatable bonds is 4. The summed E-state index contributed by atoms with van der Waals surface area (Å²) in [6.07, 6.45) is 2.63. The minimum absolute atomic E-state index is 0.199. The molecule has 1 aliphatic carbocycles. The van der Waals surface area contributed by atoms with Crippen LogP contribution in [0.2, 0.25) is 0 Å². The maximum Gasteiger partial charge on any atom is 0.232 e. The molecular formula is C18H23NO5S. The van der Waals surface area contributed by atoms with E-state index in [0.29, 0.717) is 35.5 Å². The first kappa shape index (κ1) is 16.8. The van der Waals surface area contributed by atoms with Gasteiger partial charge in [-0.3, -0.25) is 4.79 Å². The maximum atomic E-state index is 12.1. The third-order valence-corrected chi connectivity index (χ3v) is 5.87. The summed E-state index contributed by atoms with van der Waals surface area (Å²) in [6.45, 7) is 1.77. The van der Waals surface area contributed by atoms with Gasteiger partial charge in [-0.1, -0.05) is 0 Å². The summed E-state index contributed by atoms with van der Waals surface area (Å²) < 4.78 is 16.7. The summed E-state index contributed by atoms with van der Waals surface area (Å²) >= 11 is 1.56. The first-order valence-corrected chi connectivity index (χ1v) is 10.0. The fourth-order valence-corrected chi connectivity index (χ4v) is 4.49. The van der Waals surface area contributed by atoms with Gasteiger partial charge in [0.15, 0.2) is 11.5 Å². The van der Waals surface area contributed by atoms with Crippen molar-refractivity contribution >= 4 is 17.7 Å². The van der Waals surface area contributed by atoms with Crippen molar-refractivity contribution in [2.75, 3.05) is 31.9 Å². The molecule has 3 aliphatic rings. The van der Waals surface area contributed by atoms with Gasteiger partial charge in [0.2, 0.25) is 12.7 Å². The summed E-state index contributed by atoms with van der Waals surface area (Å²) in [5.74, 6) is 3.57. The van der Waals surface area contributed by atoms with Crippen molar-refractivity contribution in [1.82, 2.24) is 4.90 Å². The molecule has 1 aromatic carbocycles. The summed E-state index contributed by atoms with van der Waals surface area (Å²) in [4.78, 5) is 14.1. The van der Waals surface area contributed by atoms with Gasteiger partial charge in [-0.25, -0.2) is 0 Å². The molecule has 25 heavy (non-hydrogen) atoms. The number of carbonyl (C=O) groups is 1. The molecule has 2 heterocycles. The zero-order valence-electron chi connectivity index (χ0n) is 14.2. The van der Waals surface area contributed by atoms with Gasteiger partial charge in [0.1, 0.15) is 11.9 Å². The highest BCUT2D eigenvalue weighted by molar-refractivity contribution is 7.99. The first-order chi connectivity index (χ1) is 12.1. The van der Waals surface area contributed by atoms with E-state index in [1.807, 2.05) is 29.4 Å². The molecule has 0 aromatic heterocycles. The van der Waals surface area contributed by atoms with Crippen LogP contribution >= 0.6 is 11.8 Å². The number of benzene rings is 1. The van der Waals surface area contributed by atoms with Gasteiger partial charge in [-0.2, -0.15) is 11.8 Å². The van der Waals surface area contributed by atoms with Crippen molar-refractivity contribution in [2.45, 2.75) is 25.0 Å². The molecule has 2 aliphatic heterocycles. The van der Waals surface area contributed by atoms with Crippen molar-refractivity contribution in [1.29, 1.82) is 0 Å². The van der Waals surface area contributed by atoms with Crippen LogP contribution in [0, 0.1) is 11.8 Å². The minimum Gasteiger partial charge on any atom is -0.488 e. The number of carbonyl (C=O) groups excluding carboxylic acids is 1. The van der Waals surface area contributed by atoms with E-state index in [4.69, 9.17) is 14.2 Å². The highest BCUT2D eigenvalue weighted by atomic mass is 32.2. The number of thioether (sulfide) groups is 1. The number of hydrogen-bond acceptors (Lipinski definition) is 6. The number of ether oxygens (including phenoxy) is 3. The minimum atomic E-state index is -0.512. The van der Waals surface area contributed by atoms with E-state index in [0.717, 1.165) is 25.3 Å². The van der Waals surface area contributed by atoms with Gasteiger partial charge >= 0.3 is 0 Å². The molecule has 0 radical (unpaired) electrons. The van der Waals surface area contributed by atoms with E-state index in [1.165, 1.54) is 0 Å². The van der Waals surface area contributed by atoms with E-state index >= 15 is 0 Å². The van der Waals surface area contributed by atoms with Gasteiger partial charge in [0.05, 0.1) is 11.9 Å². The summed E-state index contributed by atoms with van der Waals surface area (Å²) in [5.41, 5.74) is 0. The van der Waals surface area contributed by atoms with E-state index in [1.54, 1.807) is 11.8 Å². The normalized spacial score (nSPS) is 30.2. The Morgan fingerprint density at radius 2 is 2.04 bits per heavy atom. The monoisotopic (exact) mass is 365 g/mol. The molecule has 6 nitrogen and oxygen atoms in total. The lowest BCUT2D eigenvalue weighted by Gasteiger charge is -2.35. The SMILES string of the molecule is CSCC(=O)N1C[C@H]2C[C@@H](Oc3ccc4c(c3)OCO4)[C@H](O)C[C@H]2C1. The number of aliphatic hydroxyl groups is 1. The standard InChI is InChI=1S/C18H23NO5S/c1-25-9-18(21)19-7-11-4-14(20)16(5-12(11)8-19)24-13-2-3-15-17(6-13)23-10-22-15/h2-3,6,11-12,14,16,20H,4-5,7-10H2,1H3/t11-,12+,14+,16+/m0/s1. The van der Waals surface area contributed by atoms with Crippen LogP contribution in [-0.4, -0.2) is 60.0 Å². The van der Waals surface area contributed by atoms with Crippen LogP contribution < -0.4 is 14.2 Å². The maximum absolute atomic E-state index is 12.1. The zero-order chi connectivity index (χ0) is 17.4. The Kier molecular flexibility index (Phi) is 4.69. The van der Waals surface area contributed by atoms with Gasteiger partial charge in [0.25, 0.3) is 0 Å². The number of hydrogen-bond donors (Lipinski definition) is 1. The molecule has 0 unspecified atom stereocenters. The van der Waals surface area contributed by atoms with Crippen LogP contribution in [0.25, 0.3) is 0 Å². The van der Waals surface area contributed by atoms with E-state index in [9.17, 15) is 9.90 Å². The van der Waals surface area contributed by atoms with E-state index in [2.05, 4.69) is 0 Å². The average Bonchev–Trinajstić information content (AvgIpc) is 3.21. The number of fused-ring (bicyclic) bond motifs is 2. The predicted octanol–water partition coefficient (Wildman–Crippen LogP) is 1.75. The largest absolute Gasteiger partial charge is 0.488 e. The molecule has 1 saturated carbocycles. The lowest BCUT2D eigenvalue weighted by Crippen LogP contribution is -2.42. The summed E-state index contributed by atoms with van der Waals surface area (Å²) in [7, 11) is 0. The summed E-state index contributed by atoms with van der Waals surface area (Å²) in [6, 6.07) is 5.48. The predicted molar refractivity (Wildman–Crippen MR) is 94.2 cm³/mol. The molecule has 0 spiro atoms. The lowest BCUT2D eigenvalue weighted by atomic mass is 9.78. The Labute approximate surface area is 151 Å². The lowest BCUT2D eigenvalue weighted by molar-refractivity contribution is -0.127. The Hall–Kier alpha value is -1.60. The van der Waals surface area contributed by atoms with Crippen molar-refractivity contribution in [2.24, 2.45) is 11.8 Å². The zero-order valence-corrected chi connectivity index (χ0v) is 15.0. The van der Waals surface area contributed by atoms with E-state index in [-0.39, 0.29) is 18.8 Å². The van der Waals surface area contributed by atoms with Crippen LogP contribution in [0.5, 0.6) is 17.2 Å². The number of amides is 1. The van der Waals surface area contributed by atoms with Crippen LogP contribution in [0.3, 0.4) is 0 Å². The highest BCUT2D eigenvalue weighted by Gasteiger charge is 2.43. The molecule has 4 rings (SSSR count). The molecule has 1 saturated heterocycles. The Bertz CT molecular complexity index is 654. The van der Waals surface area contributed by atoms with Gasteiger partial charge in [0, 0.05) is 19.2 Å². The quantitative estimate of drug-likeness (QED) is 0.877. The van der Waals surface area contributed by atoms with Crippen LogP contribution in [0.1, 0.15) is 12.8 Å². The van der Waals surface area contributed by atoms with Crippen LogP contribution in [0.4, 0.5) is 0 Å². The molecule has 2 fully saturated rings. The van der Waals surface area contributed by atoms with Crippen LogP contribution in [-0.2, 0) is 4.79 Å². The number of nitrogens with zero attached hydrogens (tertiary/aromatic N) is 1. The second-order valence-electron chi connectivity index (χ2n) is 6.96. The summed E-state index contributed by atoms with van der Waals surface area (Å²) in [5, 5.41) is 10.5. The van der Waals surface area contributed by atoms with Crippen molar-refractivity contribution < 1.29 is 24.1 Å². The van der Waals surface area contributed by atoms with Gasteiger partial charge in [-0.05, 0) is 43.1 Å². The number of likely N-dealkylation sites (tertiary alicyclic amines) is 1. The van der Waals surface area contributed by atoms with Crippen molar-refractivity contribution in [3.8, 4) is 17.2 Å². The topological polar surface area (TPSA) is 68.2 Å². The van der Waals surface area contributed by atoms with Crippen molar-refractivity contribution in [3.63, 3.8) is 0 Å².